The van der Waals surface area contributed by atoms with Crippen molar-refractivity contribution >= 4 is 17.7 Å². The van der Waals surface area contributed by atoms with Crippen LogP contribution in [0.15, 0.2) is 59.8 Å². The highest BCUT2D eigenvalue weighted by molar-refractivity contribution is 5.87. The Kier molecular flexibility index (Phi) is 6.15. The summed E-state index contributed by atoms with van der Waals surface area (Å²) in [7, 11) is 0. The van der Waals surface area contributed by atoms with Crippen LogP contribution in [0, 0.1) is 6.92 Å². The standard InChI is InChI=1S/C26H31N5O3/c1-16-6-5-9-19-20(12-13-28-23(16)19)25(32)31-24(27)21-14-18(10-11-22(21)30-31)29-26(33)34-15-17-7-3-2-4-8-17/h2-9,18,20,24,28,30H,10-15,27H2,1H3,(H,29,33)/t18?,20?,24-/m0/s1. The summed E-state index contributed by atoms with van der Waals surface area (Å²) in [6.07, 6.45) is 1.81. The van der Waals surface area contributed by atoms with Gasteiger partial charge < -0.3 is 21.1 Å². The van der Waals surface area contributed by atoms with E-state index in [9.17, 15) is 9.59 Å². The molecule has 8 nitrogen and oxygen atoms in total. The number of hydrazine groups is 1. The van der Waals surface area contributed by atoms with Crippen LogP contribution in [0.3, 0.4) is 0 Å². The minimum Gasteiger partial charge on any atom is -0.445 e. The van der Waals surface area contributed by atoms with Crippen LogP contribution in [0.1, 0.15) is 48.3 Å². The Morgan fingerprint density at radius 3 is 2.79 bits per heavy atom. The van der Waals surface area contributed by atoms with Gasteiger partial charge in [-0.15, -0.1) is 0 Å². The summed E-state index contributed by atoms with van der Waals surface area (Å²) in [4.78, 5) is 25.9. The number of alkyl carbamates (subject to hydrolysis) is 1. The Bertz CT molecular complexity index is 1120. The number of rotatable bonds is 4. The Morgan fingerprint density at radius 2 is 1.97 bits per heavy atom. The van der Waals surface area contributed by atoms with Crippen LogP contribution >= 0.6 is 0 Å². The van der Waals surface area contributed by atoms with Gasteiger partial charge in [0.15, 0.2) is 0 Å². The smallest absolute Gasteiger partial charge is 0.407 e. The molecule has 2 heterocycles. The van der Waals surface area contributed by atoms with Gasteiger partial charge in [0.1, 0.15) is 12.8 Å². The molecule has 0 radical (unpaired) electrons. The highest BCUT2D eigenvalue weighted by Gasteiger charge is 2.40. The van der Waals surface area contributed by atoms with Crippen molar-refractivity contribution in [3.63, 3.8) is 0 Å². The molecule has 0 aromatic heterocycles. The number of aryl methyl sites for hydroxylation is 1. The van der Waals surface area contributed by atoms with E-state index < -0.39 is 12.3 Å². The molecule has 1 aliphatic carbocycles. The Morgan fingerprint density at radius 1 is 1.15 bits per heavy atom. The minimum absolute atomic E-state index is 0.0120. The average molecular weight is 462 g/mol. The van der Waals surface area contributed by atoms with E-state index in [0.29, 0.717) is 6.42 Å². The Hall–Kier alpha value is -3.52. The second kappa shape index (κ2) is 9.38. The number of ether oxygens (including phenoxy) is 1. The number of nitrogens with zero attached hydrogens (tertiary/aromatic N) is 1. The third-order valence-corrected chi connectivity index (χ3v) is 6.97. The predicted octanol–water partition coefficient (Wildman–Crippen LogP) is 3.26. The topological polar surface area (TPSA) is 109 Å². The SMILES string of the molecule is Cc1cccc2c1NCCC2C(=O)N1NC2=C(CC(NC(=O)OCc3ccccc3)CC2)[C@H]1N. The van der Waals surface area contributed by atoms with Crippen molar-refractivity contribution in [2.45, 2.75) is 57.3 Å². The van der Waals surface area contributed by atoms with Crippen LogP contribution in [0.4, 0.5) is 10.5 Å². The van der Waals surface area contributed by atoms with Crippen molar-refractivity contribution < 1.29 is 14.3 Å². The summed E-state index contributed by atoms with van der Waals surface area (Å²) in [6.45, 7) is 3.03. The number of carbonyl (C=O) groups excluding carboxylic acids is 2. The second-order valence-electron chi connectivity index (χ2n) is 9.22. The lowest BCUT2D eigenvalue weighted by Crippen LogP contribution is -2.51. The van der Waals surface area contributed by atoms with Crippen LogP contribution < -0.4 is 21.8 Å². The molecule has 0 saturated carbocycles. The molecule has 0 fully saturated rings. The molecule has 2 unspecified atom stereocenters. The number of nitrogens with one attached hydrogen (secondary N) is 3. The first-order valence-electron chi connectivity index (χ1n) is 11.9. The zero-order chi connectivity index (χ0) is 23.7. The normalized spacial score (nSPS) is 23.4. The number of anilines is 1. The maximum absolute atomic E-state index is 13.5. The van der Waals surface area contributed by atoms with Gasteiger partial charge in [0.05, 0.1) is 5.92 Å². The first kappa shape index (κ1) is 22.3. The quantitative estimate of drug-likeness (QED) is 0.557. The second-order valence-corrected chi connectivity index (χ2v) is 9.22. The summed E-state index contributed by atoms with van der Waals surface area (Å²) in [5, 5.41) is 7.97. The number of allylic oxidation sites excluding steroid dienone is 1. The van der Waals surface area contributed by atoms with Crippen LogP contribution in [0.5, 0.6) is 0 Å². The van der Waals surface area contributed by atoms with E-state index in [1.54, 1.807) is 5.01 Å². The number of amides is 2. The lowest BCUT2D eigenvalue weighted by Gasteiger charge is -2.32. The molecule has 3 atom stereocenters. The van der Waals surface area contributed by atoms with E-state index in [4.69, 9.17) is 10.5 Å². The van der Waals surface area contributed by atoms with Gasteiger partial charge in [0.25, 0.3) is 0 Å². The first-order valence-corrected chi connectivity index (χ1v) is 11.9. The molecule has 0 bridgehead atoms. The molecule has 5 N–H and O–H groups in total. The van der Waals surface area contributed by atoms with Gasteiger partial charge in [-0.3, -0.25) is 10.2 Å². The summed E-state index contributed by atoms with van der Waals surface area (Å²) in [6, 6.07) is 15.6. The lowest BCUT2D eigenvalue weighted by molar-refractivity contribution is -0.136. The molecular formula is C26H31N5O3. The highest BCUT2D eigenvalue weighted by Crippen LogP contribution is 2.37. The van der Waals surface area contributed by atoms with Gasteiger partial charge in [-0.25, -0.2) is 9.80 Å². The molecular weight excluding hydrogens is 430 g/mol. The van der Waals surface area contributed by atoms with Crippen LogP contribution in [0.25, 0.3) is 0 Å². The van der Waals surface area contributed by atoms with Gasteiger partial charge in [-0.2, -0.15) is 0 Å². The van der Waals surface area contributed by atoms with Gasteiger partial charge in [0.2, 0.25) is 5.91 Å². The van der Waals surface area contributed by atoms with Crippen LogP contribution in [-0.2, 0) is 16.1 Å². The largest absolute Gasteiger partial charge is 0.445 e. The van der Waals surface area contributed by atoms with Gasteiger partial charge in [0, 0.05) is 24.0 Å². The van der Waals surface area contributed by atoms with Crippen molar-refractivity contribution in [1.82, 2.24) is 15.8 Å². The summed E-state index contributed by atoms with van der Waals surface area (Å²) >= 11 is 0. The number of carbonyl (C=O) groups is 2. The molecule has 0 spiro atoms. The fraction of sp³-hybridized carbons (Fsp3) is 0.385. The third-order valence-electron chi connectivity index (χ3n) is 6.97. The Balaban J connectivity index is 1.20. The first-order chi connectivity index (χ1) is 16.5. The fourth-order valence-electron chi connectivity index (χ4n) is 5.16. The summed E-state index contributed by atoms with van der Waals surface area (Å²) in [5.74, 6) is -0.250. The maximum Gasteiger partial charge on any atom is 0.407 e. The minimum atomic E-state index is -0.546. The summed E-state index contributed by atoms with van der Waals surface area (Å²) in [5.41, 5.74) is 16.0. The number of hydrogen-bond acceptors (Lipinski definition) is 6. The third kappa shape index (κ3) is 4.33. The van der Waals surface area contributed by atoms with Crippen molar-refractivity contribution in [1.29, 1.82) is 0 Å². The van der Waals surface area contributed by atoms with Crippen molar-refractivity contribution in [2.24, 2.45) is 5.73 Å². The molecule has 5 rings (SSSR count). The molecule has 34 heavy (non-hydrogen) atoms. The maximum atomic E-state index is 13.5. The number of fused-ring (bicyclic) bond motifs is 1. The van der Waals surface area contributed by atoms with E-state index in [0.717, 1.165) is 59.5 Å². The molecule has 8 heteroatoms. The zero-order valence-corrected chi connectivity index (χ0v) is 19.3. The van der Waals surface area contributed by atoms with E-state index >= 15 is 0 Å². The monoisotopic (exact) mass is 461 g/mol. The number of benzene rings is 2. The van der Waals surface area contributed by atoms with Gasteiger partial charge >= 0.3 is 6.09 Å². The fourth-order valence-corrected chi connectivity index (χ4v) is 5.16. The Labute approximate surface area is 199 Å². The number of hydrogen-bond donors (Lipinski definition) is 4. The van der Waals surface area contributed by atoms with Crippen LogP contribution in [0.2, 0.25) is 0 Å². The zero-order valence-electron chi connectivity index (χ0n) is 19.3. The van der Waals surface area contributed by atoms with E-state index in [-0.39, 0.29) is 24.5 Å². The van der Waals surface area contributed by atoms with Crippen molar-refractivity contribution in [2.75, 3.05) is 11.9 Å². The molecule has 3 aliphatic rings. The van der Waals surface area contributed by atoms with Crippen molar-refractivity contribution in [3.8, 4) is 0 Å². The molecule has 2 aliphatic heterocycles. The molecule has 0 saturated heterocycles. The lowest BCUT2D eigenvalue weighted by atomic mass is 9.88. The number of nitrogens with two attached hydrogens (primary N) is 1. The summed E-state index contributed by atoms with van der Waals surface area (Å²) < 4.78 is 5.37. The molecule has 178 valence electrons. The van der Waals surface area contributed by atoms with E-state index in [2.05, 4.69) is 29.0 Å². The highest BCUT2D eigenvalue weighted by atomic mass is 16.5. The number of para-hydroxylation sites is 1. The van der Waals surface area contributed by atoms with Crippen molar-refractivity contribution in [3.05, 3.63) is 76.5 Å². The van der Waals surface area contributed by atoms with Gasteiger partial charge in [-0.05, 0) is 54.9 Å². The average Bonchev–Trinajstić information content (AvgIpc) is 3.19. The predicted molar refractivity (Wildman–Crippen MR) is 129 cm³/mol. The molecule has 2 amide bonds. The molecule has 2 aromatic rings. The van der Waals surface area contributed by atoms with Gasteiger partial charge in [-0.1, -0.05) is 48.5 Å². The van der Waals surface area contributed by atoms with E-state index in [1.165, 1.54) is 0 Å². The van der Waals surface area contributed by atoms with Crippen LogP contribution in [-0.4, -0.2) is 35.8 Å². The molecule has 2 aromatic carbocycles. The van der Waals surface area contributed by atoms with E-state index in [1.807, 2.05) is 42.5 Å².